The Hall–Kier alpha value is -0.280. The second kappa shape index (κ2) is 4.82. The summed E-state index contributed by atoms with van der Waals surface area (Å²) in [5, 5.41) is 10.3. The van der Waals surface area contributed by atoms with Crippen LogP contribution in [0, 0.1) is 0 Å². The molecule has 0 aliphatic rings. The molecule has 1 aromatic carbocycles. The number of aliphatic hydroxyl groups is 1. The van der Waals surface area contributed by atoms with E-state index in [0.717, 1.165) is 0 Å². The molecule has 0 saturated heterocycles. The highest BCUT2D eigenvalue weighted by Crippen LogP contribution is 2.30. The fourth-order valence-corrected chi connectivity index (χ4v) is 1.57. The molecule has 0 aliphatic heterocycles. The first-order valence-electron chi connectivity index (χ1n) is 3.90. The number of hydrogen-bond donors (Lipinski definition) is 1. The summed E-state index contributed by atoms with van der Waals surface area (Å²) in [5.41, 5.74) is 0.424. The first-order chi connectivity index (χ1) is 6.16. The minimum Gasteiger partial charge on any atom is -0.364 e. The van der Waals surface area contributed by atoms with Crippen molar-refractivity contribution in [3.05, 3.63) is 33.8 Å². The third kappa shape index (κ3) is 2.58. The average molecular weight is 221 g/mol. The molecular formula is C9H10Cl2O2. The third-order valence-corrected chi connectivity index (χ3v) is 2.23. The van der Waals surface area contributed by atoms with Crippen LogP contribution < -0.4 is 0 Å². The molecule has 0 aliphatic carbocycles. The first-order valence-corrected chi connectivity index (χ1v) is 4.66. The zero-order chi connectivity index (χ0) is 9.84. The van der Waals surface area contributed by atoms with Crippen molar-refractivity contribution in [3.8, 4) is 0 Å². The van der Waals surface area contributed by atoms with Gasteiger partial charge in [-0.2, -0.15) is 0 Å². The Kier molecular flexibility index (Phi) is 4.00. The summed E-state index contributed by atoms with van der Waals surface area (Å²) >= 11 is 11.7. The van der Waals surface area contributed by atoms with Crippen LogP contribution in [-0.2, 0) is 4.74 Å². The summed E-state index contributed by atoms with van der Waals surface area (Å²) in [6, 6.07) is 5.03. The Labute approximate surface area is 87.0 Å². The topological polar surface area (TPSA) is 29.5 Å². The molecule has 1 unspecified atom stereocenters. The number of halogens is 2. The fourth-order valence-electron chi connectivity index (χ4n) is 0.988. The summed E-state index contributed by atoms with van der Waals surface area (Å²) in [5.74, 6) is 0. The van der Waals surface area contributed by atoms with Crippen LogP contribution in [0.25, 0.3) is 0 Å². The predicted octanol–water partition coefficient (Wildman–Crippen LogP) is 3.02. The molecule has 0 spiro atoms. The Bertz CT molecular complexity index is 269. The fraction of sp³-hybridized carbons (Fsp3) is 0.333. The molecular weight excluding hydrogens is 211 g/mol. The summed E-state index contributed by atoms with van der Waals surface area (Å²) < 4.78 is 4.98. The van der Waals surface area contributed by atoms with Crippen LogP contribution in [0.1, 0.15) is 18.8 Å². The lowest BCUT2D eigenvalue weighted by atomic mass is 10.2. The lowest BCUT2D eigenvalue weighted by Gasteiger charge is -2.13. The second-order valence-electron chi connectivity index (χ2n) is 2.44. The van der Waals surface area contributed by atoms with Gasteiger partial charge >= 0.3 is 0 Å². The minimum absolute atomic E-state index is 0.405. The normalized spacial score (nSPS) is 12.9. The first kappa shape index (κ1) is 10.8. The van der Waals surface area contributed by atoms with Gasteiger partial charge in [0.25, 0.3) is 0 Å². The van der Waals surface area contributed by atoms with E-state index in [1.165, 1.54) is 0 Å². The van der Waals surface area contributed by atoms with Gasteiger partial charge in [0.1, 0.15) is 0 Å². The van der Waals surface area contributed by atoms with E-state index in [1.807, 2.05) is 0 Å². The van der Waals surface area contributed by atoms with E-state index in [9.17, 15) is 5.11 Å². The Morgan fingerprint density at radius 1 is 1.38 bits per heavy atom. The van der Waals surface area contributed by atoms with Gasteiger partial charge in [-0.05, 0) is 19.1 Å². The van der Waals surface area contributed by atoms with E-state index < -0.39 is 6.29 Å². The lowest BCUT2D eigenvalue weighted by Crippen LogP contribution is -2.04. The smallest absolute Gasteiger partial charge is 0.184 e. The summed E-state index contributed by atoms with van der Waals surface area (Å²) in [6.45, 7) is 2.19. The van der Waals surface area contributed by atoms with Crippen LogP contribution in [0.5, 0.6) is 0 Å². The number of benzene rings is 1. The zero-order valence-corrected chi connectivity index (χ0v) is 8.64. The summed E-state index contributed by atoms with van der Waals surface area (Å²) in [4.78, 5) is 0. The zero-order valence-electron chi connectivity index (χ0n) is 7.13. The van der Waals surface area contributed by atoms with Crippen LogP contribution in [-0.4, -0.2) is 11.7 Å². The van der Waals surface area contributed by atoms with E-state index in [4.69, 9.17) is 27.9 Å². The van der Waals surface area contributed by atoms with E-state index in [-0.39, 0.29) is 0 Å². The van der Waals surface area contributed by atoms with Crippen molar-refractivity contribution in [1.82, 2.24) is 0 Å². The maximum Gasteiger partial charge on any atom is 0.184 e. The van der Waals surface area contributed by atoms with Crippen molar-refractivity contribution in [1.29, 1.82) is 0 Å². The van der Waals surface area contributed by atoms with Gasteiger partial charge in [0.05, 0.1) is 10.0 Å². The molecule has 0 saturated carbocycles. The molecule has 13 heavy (non-hydrogen) atoms. The molecule has 0 heterocycles. The van der Waals surface area contributed by atoms with Crippen LogP contribution in [0.15, 0.2) is 18.2 Å². The molecule has 0 amide bonds. The molecule has 1 atom stereocenters. The number of hydrogen-bond acceptors (Lipinski definition) is 2. The standard InChI is InChI=1S/C9H10Cl2O2/c1-2-13-9(12)8-6(10)4-3-5-7(8)11/h3-5,9,12H,2H2,1H3. The predicted molar refractivity (Wildman–Crippen MR) is 53.0 cm³/mol. The maximum atomic E-state index is 9.49. The highest BCUT2D eigenvalue weighted by atomic mass is 35.5. The highest BCUT2D eigenvalue weighted by Gasteiger charge is 2.14. The van der Waals surface area contributed by atoms with Crippen molar-refractivity contribution in [2.75, 3.05) is 6.61 Å². The van der Waals surface area contributed by atoms with E-state index in [2.05, 4.69) is 0 Å². The highest BCUT2D eigenvalue weighted by molar-refractivity contribution is 6.36. The maximum absolute atomic E-state index is 9.49. The van der Waals surface area contributed by atoms with Crippen LogP contribution >= 0.6 is 23.2 Å². The second-order valence-corrected chi connectivity index (χ2v) is 3.26. The van der Waals surface area contributed by atoms with Crippen LogP contribution in [0.3, 0.4) is 0 Å². The molecule has 0 bridgehead atoms. The number of ether oxygens (including phenoxy) is 1. The molecule has 1 aromatic rings. The quantitative estimate of drug-likeness (QED) is 0.795. The summed E-state index contributed by atoms with van der Waals surface area (Å²) in [7, 11) is 0. The van der Waals surface area contributed by atoms with Gasteiger partial charge in [0.15, 0.2) is 6.29 Å². The molecule has 0 fully saturated rings. The van der Waals surface area contributed by atoms with Crippen LogP contribution in [0.2, 0.25) is 10.0 Å². The van der Waals surface area contributed by atoms with Gasteiger partial charge in [0.2, 0.25) is 0 Å². The van der Waals surface area contributed by atoms with Crippen molar-refractivity contribution in [3.63, 3.8) is 0 Å². The van der Waals surface area contributed by atoms with E-state index in [0.29, 0.717) is 22.2 Å². The SMILES string of the molecule is CCOC(O)c1c(Cl)cccc1Cl. The molecule has 0 radical (unpaired) electrons. The van der Waals surface area contributed by atoms with Gasteiger partial charge in [-0.1, -0.05) is 29.3 Å². The molecule has 0 aromatic heterocycles. The number of aliphatic hydroxyl groups excluding tert-OH is 1. The van der Waals surface area contributed by atoms with Gasteiger partial charge < -0.3 is 9.84 Å². The largest absolute Gasteiger partial charge is 0.364 e. The van der Waals surface area contributed by atoms with Gasteiger partial charge in [-0.15, -0.1) is 0 Å². The third-order valence-electron chi connectivity index (χ3n) is 1.57. The molecule has 1 rings (SSSR count). The summed E-state index contributed by atoms with van der Waals surface area (Å²) in [6.07, 6.45) is -1.05. The Morgan fingerprint density at radius 3 is 2.38 bits per heavy atom. The Balaban J connectivity index is 2.98. The molecule has 2 nitrogen and oxygen atoms in total. The van der Waals surface area contributed by atoms with E-state index >= 15 is 0 Å². The average Bonchev–Trinajstić information content (AvgIpc) is 2.04. The van der Waals surface area contributed by atoms with Gasteiger partial charge in [-0.3, -0.25) is 0 Å². The van der Waals surface area contributed by atoms with E-state index in [1.54, 1.807) is 25.1 Å². The Morgan fingerprint density at radius 2 is 1.92 bits per heavy atom. The van der Waals surface area contributed by atoms with Crippen LogP contribution in [0.4, 0.5) is 0 Å². The van der Waals surface area contributed by atoms with Crippen molar-refractivity contribution in [2.45, 2.75) is 13.2 Å². The monoisotopic (exact) mass is 220 g/mol. The van der Waals surface area contributed by atoms with Crippen molar-refractivity contribution >= 4 is 23.2 Å². The molecule has 1 N–H and O–H groups in total. The molecule has 4 heteroatoms. The number of rotatable bonds is 3. The molecule has 72 valence electrons. The lowest BCUT2D eigenvalue weighted by molar-refractivity contribution is -0.0978. The van der Waals surface area contributed by atoms with Gasteiger partial charge in [0, 0.05) is 12.2 Å². The van der Waals surface area contributed by atoms with Crippen molar-refractivity contribution in [2.24, 2.45) is 0 Å². The van der Waals surface area contributed by atoms with Crippen molar-refractivity contribution < 1.29 is 9.84 Å². The van der Waals surface area contributed by atoms with Gasteiger partial charge in [-0.25, -0.2) is 0 Å². The minimum atomic E-state index is -1.05.